The van der Waals surface area contributed by atoms with Crippen LogP contribution >= 0.6 is 0 Å². The smallest absolute Gasteiger partial charge is 0.342 e. The van der Waals surface area contributed by atoms with Crippen LogP contribution in [0.5, 0.6) is 0 Å². The van der Waals surface area contributed by atoms with E-state index >= 15 is 0 Å². The number of likely N-dealkylation sites (tertiary alicyclic amines) is 2. The highest BCUT2D eigenvalue weighted by molar-refractivity contribution is 5.84. The first-order valence-electron chi connectivity index (χ1n) is 8.21. The van der Waals surface area contributed by atoms with Gasteiger partial charge >= 0.3 is 6.18 Å². The van der Waals surface area contributed by atoms with E-state index in [4.69, 9.17) is 0 Å². The molecule has 0 radical (unpaired) electrons. The standard InChI is InChI=1S/C17H22F3N3O/c1-16(10-22(2)11-16)15(24)23-8-5-12(6-9-23)13-4-3-7-21-14(13)17(18,19)20/h3-4,7,12H,5-6,8-11H2,1-2H3. The summed E-state index contributed by atoms with van der Waals surface area (Å²) in [6.45, 7) is 4.47. The Bertz CT molecular complexity index is 618. The molecule has 3 heterocycles. The third-order valence-electron chi connectivity index (χ3n) is 5.08. The second-order valence-electron chi connectivity index (χ2n) is 7.24. The van der Waals surface area contributed by atoms with Gasteiger partial charge in [-0.1, -0.05) is 6.07 Å². The number of hydrogen-bond acceptors (Lipinski definition) is 3. The van der Waals surface area contributed by atoms with E-state index in [0.29, 0.717) is 25.9 Å². The third kappa shape index (κ3) is 3.14. The lowest BCUT2D eigenvalue weighted by atomic mass is 9.79. The monoisotopic (exact) mass is 341 g/mol. The van der Waals surface area contributed by atoms with Crippen molar-refractivity contribution in [3.05, 3.63) is 29.6 Å². The summed E-state index contributed by atoms with van der Waals surface area (Å²) in [6.07, 6.45) is -2.16. The number of halogens is 3. The van der Waals surface area contributed by atoms with Crippen molar-refractivity contribution in [1.29, 1.82) is 0 Å². The molecule has 7 heteroatoms. The number of hydrogen-bond donors (Lipinski definition) is 0. The summed E-state index contributed by atoms with van der Waals surface area (Å²) >= 11 is 0. The number of amides is 1. The van der Waals surface area contributed by atoms with Crippen molar-refractivity contribution in [2.45, 2.75) is 31.9 Å². The number of rotatable bonds is 2. The molecule has 1 aromatic rings. The van der Waals surface area contributed by atoms with Gasteiger partial charge in [-0.2, -0.15) is 13.2 Å². The van der Waals surface area contributed by atoms with Crippen LogP contribution < -0.4 is 0 Å². The Morgan fingerprint density at radius 2 is 1.92 bits per heavy atom. The molecule has 132 valence electrons. The fourth-order valence-corrected chi connectivity index (χ4v) is 4.04. The first-order chi connectivity index (χ1) is 11.2. The SMILES string of the molecule is CN1CC(C)(C(=O)N2CCC(c3cccnc3C(F)(F)F)CC2)C1. The first-order valence-corrected chi connectivity index (χ1v) is 8.21. The lowest BCUT2D eigenvalue weighted by Crippen LogP contribution is -2.61. The van der Waals surface area contributed by atoms with Gasteiger partial charge in [-0.25, -0.2) is 0 Å². The van der Waals surface area contributed by atoms with Gasteiger partial charge in [-0.3, -0.25) is 9.78 Å². The van der Waals surface area contributed by atoms with Gasteiger partial charge in [0.15, 0.2) is 0 Å². The topological polar surface area (TPSA) is 36.4 Å². The van der Waals surface area contributed by atoms with Crippen molar-refractivity contribution in [2.24, 2.45) is 5.41 Å². The minimum Gasteiger partial charge on any atom is -0.342 e. The van der Waals surface area contributed by atoms with Crippen LogP contribution in [0.4, 0.5) is 13.2 Å². The van der Waals surface area contributed by atoms with Crippen LogP contribution in [-0.4, -0.2) is 53.9 Å². The fourth-order valence-electron chi connectivity index (χ4n) is 4.04. The molecular weight excluding hydrogens is 319 g/mol. The van der Waals surface area contributed by atoms with E-state index in [1.54, 1.807) is 6.07 Å². The van der Waals surface area contributed by atoms with Crippen LogP contribution in [0.3, 0.4) is 0 Å². The molecule has 0 aliphatic carbocycles. The van der Waals surface area contributed by atoms with E-state index in [-0.39, 0.29) is 22.8 Å². The molecule has 2 saturated heterocycles. The molecule has 4 nitrogen and oxygen atoms in total. The predicted octanol–water partition coefficient (Wildman–Crippen LogP) is 2.76. The number of aromatic nitrogens is 1. The quantitative estimate of drug-likeness (QED) is 0.830. The van der Waals surface area contributed by atoms with E-state index in [0.717, 1.165) is 13.1 Å². The minimum absolute atomic E-state index is 0.126. The lowest BCUT2D eigenvalue weighted by molar-refractivity contribution is -0.151. The molecule has 0 N–H and O–H groups in total. The van der Waals surface area contributed by atoms with Crippen LogP contribution in [0, 0.1) is 5.41 Å². The highest BCUT2D eigenvalue weighted by Crippen LogP contribution is 2.38. The first kappa shape index (κ1) is 17.2. The van der Waals surface area contributed by atoms with Crippen molar-refractivity contribution in [3.63, 3.8) is 0 Å². The van der Waals surface area contributed by atoms with Crippen molar-refractivity contribution in [2.75, 3.05) is 33.2 Å². The number of piperidine rings is 1. The third-order valence-corrected chi connectivity index (χ3v) is 5.08. The van der Waals surface area contributed by atoms with E-state index in [1.165, 1.54) is 12.3 Å². The van der Waals surface area contributed by atoms with E-state index in [2.05, 4.69) is 9.88 Å². The van der Waals surface area contributed by atoms with Crippen molar-refractivity contribution >= 4 is 5.91 Å². The molecular formula is C17H22F3N3O. The predicted molar refractivity (Wildman–Crippen MR) is 83.4 cm³/mol. The van der Waals surface area contributed by atoms with E-state index in [1.807, 2.05) is 18.9 Å². The zero-order valence-electron chi connectivity index (χ0n) is 13.9. The number of carbonyl (C=O) groups excluding carboxylic acids is 1. The Morgan fingerprint density at radius 3 is 2.46 bits per heavy atom. The molecule has 3 rings (SSSR count). The number of alkyl halides is 3. The van der Waals surface area contributed by atoms with Crippen LogP contribution in [0.15, 0.2) is 18.3 Å². The average Bonchev–Trinajstić information content (AvgIpc) is 2.52. The summed E-state index contributed by atoms with van der Waals surface area (Å²) in [5, 5.41) is 0. The Kier molecular flexibility index (Phi) is 4.32. The molecule has 2 aliphatic rings. The largest absolute Gasteiger partial charge is 0.433 e. The Morgan fingerprint density at radius 1 is 1.29 bits per heavy atom. The lowest BCUT2D eigenvalue weighted by Gasteiger charge is -2.48. The normalized spacial score (nSPS) is 22.3. The molecule has 2 fully saturated rings. The van der Waals surface area contributed by atoms with Crippen molar-refractivity contribution in [3.8, 4) is 0 Å². The molecule has 0 unspecified atom stereocenters. The summed E-state index contributed by atoms with van der Waals surface area (Å²) in [4.78, 5) is 20.1. The van der Waals surface area contributed by atoms with Crippen molar-refractivity contribution < 1.29 is 18.0 Å². The van der Waals surface area contributed by atoms with E-state index in [9.17, 15) is 18.0 Å². The van der Waals surface area contributed by atoms with Gasteiger partial charge in [-0.15, -0.1) is 0 Å². The summed E-state index contributed by atoms with van der Waals surface area (Å²) in [5.41, 5.74) is -0.874. The summed E-state index contributed by atoms with van der Waals surface area (Å²) in [7, 11) is 1.97. The molecule has 1 amide bonds. The molecule has 0 spiro atoms. The Hall–Kier alpha value is -1.63. The molecule has 1 aromatic heterocycles. The van der Waals surface area contributed by atoms with E-state index < -0.39 is 11.9 Å². The highest BCUT2D eigenvalue weighted by Gasteiger charge is 2.46. The van der Waals surface area contributed by atoms with Crippen molar-refractivity contribution in [1.82, 2.24) is 14.8 Å². The minimum atomic E-state index is -4.44. The van der Waals surface area contributed by atoms with Gasteiger partial charge in [0, 0.05) is 32.4 Å². The molecule has 2 aliphatic heterocycles. The Labute approximate surface area is 139 Å². The van der Waals surface area contributed by atoms with Gasteiger partial charge in [0.25, 0.3) is 0 Å². The average molecular weight is 341 g/mol. The molecule has 0 saturated carbocycles. The van der Waals surface area contributed by atoms with Crippen LogP contribution in [0.25, 0.3) is 0 Å². The van der Waals surface area contributed by atoms with Gasteiger partial charge < -0.3 is 9.80 Å². The number of carbonyl (C=O) groups is 1. The number of pyridine rings is 1. The summed E-state index contributed by atoms with van der Waals surface area (Å²) in [6, 6.07) is 3.06. The maximum Gasteiger partial charge on any atom is 0.433 e. The van der Waals surface area contributed by atoms with Crippen LogP contribution in [0.2, 0.25) is 0 Å². The van der Waals surface area contributed by atoms with Gasteiger partial charge in [0.2, 0.25) is 5.91 Å². The van der Waals surface area contributed by atoms with Gasteiger partial charge in [0.1, 0.15) is 5.69 Å². The maximum absolute atomic E-state index is 13.1. The molecule has 24 heavy (non-hydrogen) atoms. The van der Waals surface area contributed by atoms with Crippen LogP contribution in [0.1, 0.15) is 36.9 Å². The van der Waals surface area contributed by atoms with Crippen LogP contribution in [-0.2, 0) is 11.0 Å². The molecule has 0 aromatic carbocycles. The maximum atomic E-state index is 13.1. The van der Waals surface area contributed by atoms with Gasteiger partial charge in [-0.05, 0) is 44.4 Å². The summed E-state index contributed by atoms with van der Waals surface area (Å²) in [5.74, 6) is -0.0717. The zero-order chi connectivity index (χ0) is 17.5. The molecule has 0 atom stereocenters. The Balaban J connectivity index is 1.67. The second kappa shape index (κ2) is 6.02. The second-order valence-corrected chi connectivity index (χ2v) is 7.24. The number of nitrogens with zero attached hydrogens (tertiary/aromatic N) is 3. The summed E-state index contributed by atoms with van der Waals surface area (Å²) < 4.78 is 39.4. The molecule has 0 bridgehead atoms. The zero-order valence-corrected chi connectivity index (χ0v) is 13.9. The highest BCUT2D eigenvalue weighted by atomic mass is 19.4. The van der Waals surface area contributed by atoms with Gasteiger partial charge in [0.05, 0.1) is 5.41 Å². The fraction of sp³-hybridized carbons (Fsp3) is 0.647.